The molecule has 1 aliphatic carbocycles. The quantitative estimate of drug-likeness (QED) is 0.163. The zero-order valence-electron chi connectivity index (χ0n) is 28.1. The Morgan fingerprint density at radius 1 is 0.957 bits per heavy atom. The fraction of sp³-hybridized carbons (Fsp3) is 0.649. The number of aliphatic hydroxyl groups excluding tert-OH is 2. The van der Waals surface area contributed by atoms with E-state index >= 15 is 0 Å². The van der Waals surface area contributed by atoms with Crippen molar-refractivity contribution < 1.29 is 24.6 Å². The molecule has 5 atom stereocenters. The number of nitrogens with one attached hydrogen (secondary N) is 2. The number of hydrogen-bond acceptors (Lipinski definition) is 6. The first-order chi connectivity index (χ1) is 22.1. The highest BCUT2D eigenvalue weighted by Gasteiger charge is 2.34. The number of carbonyl (C=O) groups is 3. The van der Waals surface area contributed by atoms with Crippen molar-refractivity contribution in [3.8, 4) is 24.7 Å². The third-order valence-electron chi connectivity index (χ3n) is 9.17. The van der Waals surface area contributed by atoms with Crippen molar-refractivity contribution in [2.45, 2.75) is 109 Å². The molecule has 0 radical (unpaired) electrons. The molecule has 9 heteroatoms. The predicted molar refractivity (Wildman–Crippen MR) is 182 cm³/mol. The number of likely N-dealkylation sites (N-methyl/N-ethyl adjacent to an activating group) is 2. The Morgan fingerprint density at radius 2 is 1.63 bits per heavy atom. The van der Waals surface area contributed by atoms with Gasteiger partial charge in [-0.05, 0) is 43.8 Å². The lowest BCUT2D eigenvalue weighted by molar-refractivity contribution is -0.137. The van der Waals surface area contributed by atoms with Gasteiger partial charge in [-0.3, -0.25) is 14.4 Å². The Labute approximate surface area is 276 Å². The molecule has 1 aromatic carbocycles. The number of rotatable bonds is 20. The molecule has 1 saturated carbocycles. The number of benzene rings is 1. The smallest absolute Gasteiger partial charge is 0.243 e. The van der Waals surface area contributed by atoms with E-state index in [1.807, 2.05) is 30.3 Å². The van der Waals surface area contributed by atoms with Crippen molar-refractivity contribution in [2.75, 3.05) is 33.2 Å². The topological polar surface area (TPSA) is 122 Å². The number of nitrogens with zero attached hydrogens (tertiary/aromatic N) is 2. The van der Waals surface area contributed by atoms with Crippen LogP contribution in [0.2, 0.25) is 0 Å². The van der Waals surface area contributed by atoms with E-state index in [2.05, 4.69) is 41.2 Å². The molecule has 0 saturated heterocycles. The van der Waals surface area contributed by atoms with Crippen molar-refractivity contribution >= 4 is 17.7 Å². The SMILES string of the molecule is C#CCCC(O)[C@H](O)C(CC1CCCCC1)NC(=O)[C@H](CC#C)NC(=O)C(CC(=O)N(C)CCN(CC)CC)Cc1ccccc1. The van der Waals surface area contributed by atoms with E-state index in [9.17, 15) is 24.6 Å². The van der Waals surface area contributed by atoms with Gasteiger partial charge in [0.25, 0.3) is 0 Å². The molecule has 0 bridgehead atoms. The minimum atomic E-state index is -1.23. The molecule has 46 heavy (non-hydrogen) atoms. The molecule has 1 aliphatic rings. The summed E-state index contributed by atoms with van der Waals surface area (Å²) in [5, 5.41) is 27.5. The van der Waals surface area contributed by atoms with Crippen LogP contribution < -0.4 is 10.6 Å². The molecule has 0 spiro atoms. The number of amides is 3. The lowest BCUT2D eigenvalue weighted by Gasteiger charge is -2.33. The zero-order valence-corrected chi connectivity index (χ0v) is 28.1. The Bertz CT molecular complexity index is 1140. The van der Waals surface area contributed by atoms with Crippen LogP contribution in [0.1, 0.15) is 83.6 Å². The maximum absolute atomic E-state index is 13.8. The van der Waals surface area contributed by atoms with Gasteiger partial charge in [0.2, 0.25) is 17.7 Å². The van der Waals surface area contributed by atoms with Crippen molar-refractivity contribution in [1.29, 1.82) is 0 Å². The van der Waals surface area contributed by atoms with Crippen LogP contribution in [0.25, 0.3) is 0 Å². The van der Waals surface area contributed by atoms with Gasteiger partial charge in [-0.25, -0.2) is 0 Å². The summed E-state index contributed by atoms with van der Waals surface area (Å²) in [6.45, 7) is 7.21. The first kappa shape index (κ1) is 38.8. The number of terminal acetylenes is 2. The second-order valence-corrected chi connectivity index (χ2v) is 12.6. The van der Waals surface area contributed by atoms with E-state index in [1.54, 1.807) is 11.9 Å². The summed E-state index contributed by atoms with van der Waals surface area (Å²) in [7, 11) is 1.74. The largest absolute Gasteiger partial charge is 0.390 e. The van der Waals surface area contributed by atoms with Crippen LogP contribution in [0.15, 0.2) is 30.3 Å². The molecule has 0 heterocycles. The Balaban J connectivity index is 2.20. The average molecular weight is 637 g/mol. The van der Waals surface area contributed by atoms with Gasteiger partial charge in [0, 0.05) is 39.4 Å². The van der Waals surface area contributed by atoms with Gasteiger partial charge in [-0.15, -0.1) is 24.7 Å². The van der Waals surface area contributed by atoms with Crippen LogP contribution >= 0.6 is 0 Å². The fourth-order valence-electron chi connectivity index (χ4n) is 6.11. The van der Waals surface area contributed by atoms with E-state index in [4.69, 9.17) is 12.8 Å². The van der Waals surface area contributed by atoms with E-state index < -0.39 is 42.0 Å². The third-order valence-corrected chi connectivity index (χ3v) is 9.17. The highest BCUT2D eigenvalue weighted by molar-refractivity contribution is 5.91. The molecule has 3 amide bonds. The average Bonchev–Trinajstić information content (AvgIpc) is 3.07. The fourth-order valence-corrected chi connectivity index (χ4v) is 6.11. The molecule has 9 nitrogen and oxygen atoms in total. The summed E-state index contributed by atoms with van der Waals surface area (Å²) in [5.74, 6) is 3.41. The van der Waals surface area contributed by atoms with Crippen LogP contribution in [0.3, 0.4) is 0 Å². The van der Waals surface area contributed by atoms with E-state index in [1.165, 1.54) is 0 Å². The minimum Gasteiger partial charge on any atom is -0.390 e. The highest BCUT2D eigenvalue weighted by Crippen LogP contribution is 2.29. The maximum Gasteiger partial charge on any atom is 0.243 e. The molecule has 0 aliphatic heterocycles. The van der Waals surface area contributed by atoms with Gasteiger partial charge in [-0.2, -0.15) is 0 Å². The number of hydrogen-bond donors (Lipinski definition) is 4. The normalized spacial score (nSPS) is 16.7. The molecule has 1 aromatic rings. The lowest BCUT2D eigenvalue weighted by Crippen LogP contribution is -2.56. The summed E-state index contributed by atoms with van der Waals surface area (Å²) in [4.78, 5) is 44.6. The number of aliphatic hydroxyl groups is 2. The first-order valence-corrected chi connectivity index (χ1v) is 17.0. The second-order valence-electron chi connectivity index (χ2n) is 12.6. The first-order valence-electron chi connectivity index (χ1n) is 17.0. The summed E-state index contributed by atoms with van der Waals surface area (Å²) in [6.07, 6.45) is 15.2. The summed E-state index contributed by atoms with van der Waals surface area (Å²) in [6, 6.07) is 7.66. The van der Waals surface area contributed by atoms with E-state index in [0.29, 0.717) is 31.7 Å². The van der Waals surface area contributed by atoms with Gasteiger partial charge >= 0.3 is 0 Å². The Hall–Kier alpha value is -3.37. The van der Waals surface area contributed by atoms with Crippen molar-refractivity contribution in [3.05, 3.63) is 35.9 Å². The van der Waals surface area contributed by atoms with Gasteiger partial charge in [0.15, 0.2) is 0 Å². The summed E-state index contributed by atoms with van der Waals surface area (Å²) >= 11 is 0. The summed E-state index contributed by atoms with van der Waals surface area (Å²) in [5.41, 5.74) is 0.899. The van der Waals surface area contributed by atoms with E-state index in [-0.39, 0.29) is 25.2 Å². The van der Waals surface area contributed by atoms with Crippen LogP contribution in [-0.2, 0) is 20.8 Å². The van der Waals surface area contributed by atoms with Crippen LogP contribution in [0.4, 0.5) is 0 Å². The molecule has 254 valence electrons. The van der Waals surface area contributed by atoms with Crippen LogP contribution in [-0.4, -0.2) is 95.3 Å². The van der Waals surface area contributed by atoms with Gasteiger partial charge in [-0.1, -0.05) is 76.3 Å². The maximum atomic E-state index is 13.8. The molecule has 4 N–H and O–H groups in total. The molecular weight excluding hydrogens is 580 g/mol. The third kappa shape index (κ3) is 13.5. The molecule has 2 rings (SSSR count). The van der Waals surface area contributed by atoms with Crippen LogP contribution in [0.5, 0.6) is 0 Å². The standard InChI is InChI=1S/C37H56N4O5/c1-6-10-22-33(42)35(44)32(26-29-20-15-12-16-21-29)39-37(46)31(17-7-2)38-36(45)30(25-28-18-13-11-14-19-28)27-34(43)40(5)23-24-41(8-3)9-4/h1-2,11,13-14,18-19,29-33,35,42,44H,8-10,12,15-17,20-27H2,3-5H3,(H,38,45)(H,39,46)/t30?,31-,32?,33?,35+/m0/s1. The summed E-state index contributed by atoms with van der Waals surface area (Å²) < 4.78 is 0. The van der Waals surface area contributed by atoms with Gasteiger partial charge in [0.1, 0.15) is 12.1 Å². The Morgan fingerprint density at radius 3 is 2.24 bits per heavy atom. The van der Waals surface area contributed by atoms with E-state index in [0.717, 1.165) is 57.3 Å². The highest BCUT2D eigenvalue weighted by atomic mass is 16.3. The predicted octanol–water partition coefficient (Wildman–Crippen LogP) is 3.13. The molecular formula is C37H56N4O5. The van der Waals surface area contributed by atoms with Crippen molar-refractivity contribution in [2.24, 2.45) is 11.8 Å². The zero-order chi connectivity index (χ0) is 33.9. The van der Waals surface area contributed by atoms with Crippen molar-refractivity contribution in [3.63, 3.8) is 0 Å². The monoisotopic (exact) mass is 636 g/mol. The molecule has 3 unspecified atom stereocenters. The Kier molecular flexibility index (Phi) is 18.1. The minimum absolute atomic E-state index is 0.0236. The van der Waals surface area contributed by atoms with Crippen molar-refractivity contribution in [1.82, 2.24) is 20.4 Å². The molecule has 0 aromatic heterocycles. The lowest BCUT2D eigenvalue weighted by atomic mass is 9.82. The molecule has 1 fully saturated rings. The van der Waals surface area contributed by atoms with Gasteiger partial charge in [0.05, 0.1) is 18.1 Å². The van der Waals surface area contributed by atoms with Gasteiger partial charge < -0.3 is 30.6 Å². The number of carbonyl (C=O) groups excluding carboxylic acids is 3. The van der Waals surface area contributed by atoms with Crippen LogP contribution in [0, 0.1) is 36.5 Å². The second kappa shape index (κ2) is 21.4.